The monoisotopic (exact) mass is 549 g/mol. The molecule has 1 atom stereocenters. The second kappa shape index (κ2) is 13.4. The van der Waals surface area contributed by atoms with Crippen LogP contribution in [0.4, 0.5) is 5.69 Å². The van der Waals surface area contributed by atoms with Crippen molar-refractivity contribution in [2.24, 2.45) is 0 Å². The van der Waals surface area contributed by atoms with Crippen LogP contribution < -0.4 is 9.62 Å². The van der Waals surface area contributed by atoms with Crippen molar-refractivity contribution in [3.05, 3.63) is 101 Å². The molecule has 8 heteroatoms. The summed E-state index contributed by atoms with van der Waals surface area (Å²) in [6.45, 7) is 7.82. The highest BCUT2D eigenvalue weighted by Gasteiger charge is 2.33. The molecule has 39 heavy (non-hydrogen) atoms. The summed E-state index contributed by atoms with van der Waals surface area (Å²) in [4.78, 5) is 29.2. The molecule has 0 aliphatic heterocycles. The highest BCUT2D eigenvalue weighted by Crippen LogP contribution is 2.27. The first-order chi connectivity index (χ1) is 18.5. The van der Waals surface area contributed by atoms with Gasteiger partial charge in [-0.3, -0.25) is 13.9 Å². The molecule has 0 fully saturated rings. The minimum absolute atomic E-state index is 0.174. The van der Waals surface area contributed by atoms with Crippen molar-refractivity contribution < 1.29 is 18.0 Å². The molecule has 0 aliphatic rings. The molecule has 0 bridgehead atoms. The van der Waals surface area contributed by atoms with Crippen LogP contribution in [0.15, 0.2) is 72.8 Å². The lowest BCUT2D eigenvalue weighted by molar-refractivity contribution is -0.140. The highest BCUT2D eigenvalue weighted by molar-refractivity contribution is 7.92. The Morgan fingerprint density at radius 2 is 1.44 bits per heavy atom. The molecule has 0 spiro atoms. The molecule has 2 amide bonds. The molecule has 7 nitrogen and oxygen atoms in total. The summed E-state index contributed by atoms with van der Waals surface area (Å²) < 4.78 is 27.2. The van der Waals surface area contributed by atoms with E-state index < -0.39 is 28.5 Å². The maximum atomic E-state index is 14.2. The Labute approximate surface area is 232 Å². The van der Waals surface area contributed by atoms with Gasteiger partial charge in [-0.05, 0) is 55.0 Å². The lowest BCUT2D eigenvalue weighted by atomic mass is 10.0. The summed E-state index contributed by atoms with van der Waals surface area (Å²) >= 11 is 0. The maximum absolute atomic E-state index is 14.2. The number of para-hydroxylation sites is 1. The first-order valence-electron chi connectivity index (χ1n) is 13.2. The van der Waals surface area contributed by atoms with Gasteiger partial charge < -0.3 is 10.2 Å². The fraction of sp³-hybridized carbons (Fsp3) is 0.355. The summed E-state index contributed by atoms with van der Waals surface area (Å²) in [6, 6.07) is 21.9. The predicted octanol–water partition coefficient (Wildman–Crippen LogP) is 4.54. The van der Waals surface area contributed by atoms with Crippen molar-refractivity contribution in [3.8, 4) is 0 Å². The summed E-state index contributed by atoms with van der Waals surface area (Å²) in [5.41, 5.74) is 4.77. The van der Waals surface area contributed by atoms with Gasteiger partial charge in [0.05, 0.1) is 11.9 Å². The summed E-state index contributed by atoms with van der Waals surface area (Å²) in [5.74, 6) is -0.709. The van der Waals surface area contributed by atoms with Crippen molar-refractivity contribution in [2.75, 3.05) is 23.7 Å². The molecule has 3 rings (SSSR count). The van der Waals surface area contributed by atoms with E-state index in [1.54, 1.807) is 0 Å². The summed E-state index contributed by atoms with van der Waals surface area (Å²) in [5, 5.41) is 2.96. The van der Waals surface area contributed by atoms with Gasteiger partial charge >= 0.3 is 0 Å². The fourth-order valence-electron chi connectivity index (χ4n) is 4.67. The van der Waals surface area contributed by atoms with Gasteiger partial charge in [0.2, 0.25) is 21.8 Å². The van der Waals surface area contributed by atoms with Gasteiger partial charge in [-0.1, -0.05) is 79.7 Å². The number of nitrogens with zero attached hydrogens (tertiary/aromatic N) is 2. The SMILES string of the molecule is CCCNC(=O)C(Cc1ccccc1)N(Cc1ccccc1C)C(=O)CN(c1c(C)cccc1C)S(C)(=O)=O. The Balaban J connectivity index is 2.09. The minimum Gasteiger partial charge on any atom is -0.354 e. The maximum Gasteiger partial charge on any atom is 0.244 e. The van der Waals surface area contributed by atoms with Gasteiger partial charge in [-0.15, -0.1) is 0 Å². The number of hydrogen-bond acceptors (Lipinski definition) is 4. The van der Waals surface area contributed by atoms with Crippen LogP contribution in [0.2, 0.25) is 0 Å². The first-order valence-corrected chi connectivity index (χ1v) is 15.1. The van der Waals surface area contributed by atoms with Crippen LogP contribution in [-0.4, -0.2) is 50.5 Å². The number of carbonyl (C=O) groups is 2. The second-order valence-corrected chi connectivity index (χ2v) is 11.9. The number of rotatable bonds is 12. The number of sulfonamides is 1. The lowest BCUT2D eigenvalue weighted by Gasteiger charge is -2.34. The molecule has 1 unspecified atom stereocenters. The minimum atomic E-state index is -3.81. The Hall–Kier alpha value is -3.65. The van der Waals surface area contributed by atoms with Crippen LogP contribution in [0.3, 0.4) is 0 Å². The van der Waals surface area contributed by atoms with Crippen LogP contribution in [0.1, 0.15) is 41.2 Å². The molecular formula is C31H39N3O4S. The zero-order valence-electron chi connectivity index (χ0n) is 23.5. The Bertz CT molecular complexity index is 1370. The van der Waals surface area contributed by atoms with E-state index >= 15 is 0 Å². The van der Waals surface area contributed by atoms with Crippen molar-refractivity contribution >= 4 is 27.5 Å². The van der Waals surface area contributed by atoms with Crippen molar-refractivity contribution in [3.63, 3.8) is 0 Å². The molecule has 1 N–H and O–H groups in total. The van der Waals surface area contributed by atoms with Crippen LogP contribution in [-0.2, 0) is 32.6 Å². The number of anilines is 1. The van der Waals surface area contributed by atoms with Crippen LogP contribution >= 0.6 is 0 Å². The third-order valence-electron chi connectivity index (χ3n) is 6.79. The first kappa shape index (κ1) is 29.9. The Kier molecular flexibility index (Phi) is 10.3. The molecule has 0 saturated carbocycles. The van der Waals surface area contributed by atoms with Gasteiger partial charge in [0.1, 0.15) is 12.6 Å². The standard InChI is InChI=1S/C31H39N3O4S/c1-6-19-32-31(36)28(20-26-16-8-7-9-17-26)33(21-27-18-11-10-13-23(27)2)29(35)22-34(39(5,37)38)30-24(3)14-12-15-25(30)4/h7-18,28H,6,19-22H2,1-5H3,(H,32,36). The smallest absolute Gasteiger partial charge is 0.244 e. The second-order valence-electron chi connectivity index (χ2n) is 9.95. The van der Waals surface area contributed by atoms with Gasteiger partial charge in [0.25, 0.3) is 0 Å². The number of amides is 2. The van der Waals surface area contributed by atoms with E-state index in [0.29, 0.717) is 18.7 Å². The average Bonchev–Trinajstić information content (AvgIpc) is 2.89. The normalized spacial score (nSPS) is 12.0. The van der Waals surface area contributed by atoms with Crippen molar-refractivity contribution in [2.45, 2.75) is 53.1 Å². The number of aryl methyl sites for hydroxylation is 3. The topological polar surface area (TPSA) is 86.8 Å². The van der Waals surface area contributed by atoms with E-state index in [2.05, 4.69) is 5.32 Å². The van der Waals surface area contributed by atoms with Crippen molar-refractivity contribution in [1.29, 1.82) is 0 Å². The number of nitrogens with one attached hydrogen (secondary N) is 1. The zero-order valence-corrected chi connectivity index (χ0v) is 24.3. The van der Waals surface area contributed by atoms with Gasteiger partial charge in [0.15, 0.2) is 0 Å². The summed E-state index contributed by atoms with van der Waals surface area (Å²) in [7, 11) is -3.81. The quantitative estimate of drug-likeness (QED) is 0.359. The van der Waals surface area contributed by atoms with Gasteiger partial charge in [-0.25, -0.2) is 8.42 Å². The Morgan fingerprint density at radius 1 is 0.846 bits per heavy atom. The largest absolute Gasteiger partial charge is 0.354 e. The lowest BCUT2D eigenvalue weighted by Crippen LogP contribution is -2.53. The summed E-state index contributed by atoms with van der Waals surface area (Å²) in [6.07, 6.45) is 2.16. The molecule has 0 saturated heterocycles. The average molecular weight is 550 g/mol. The molecule has 3 aromatic rings. The Morgan fingerprint density at radius 3 is 2.03 bits per heavy atom. The molecule has 208 valence electrons. The number of benzene rings is 3. The molecule has 0 heterocycles. The van der Waals surface area contributed by atoms with E-state index in [0.717, 1.165) is 44.8 Å². The van der Waals surface area contributed by atoms with E-state index in [1.807, 2.05) is 100 Å². The highest BCUT2D eigenvalue weighted by atomic mass is 32.2. The van der Waals surface area contributed by atoms with Gasteiger partial charge in [0, 0.05) is 19.5 Å². The fourth-order valence-corrected chi connectivity index (χ4v) is 5.63. The van der Waals surface area contributed by atoms with E-state index in [1.165, 1.54) is 4.90 Å². The number of hydrogen-bond donors (Lipinski definition) is 1. The van der Waals surface area contributed by atoms with Crippen LogP contribution in [0.5, 0.6) is 0 Å². The van der Waals surface area contributed by atoms with E-state index in [-0.39, 0.29) is 12.5 Å². The van der Waals surface area contributed by atoms with Gasteiger partial charge in [-0.2, -0.15) is 0 Å². The number of carbonyl (C=O) groups excluding carboxylic acids is 2. The van der Waals surface area contributed by atoms with Crippen molar-refractivity contribution in [1.82, 2.24) is 10.2 Å². The molecule has 0 aromatic heterocycles. The predicted molar refractivity (Wildman–Crippen MR) is 157 cm³/mol. The van der Waals surface area contributed by atoms with E-state index in [9.17, 15) is 18.0 Å². The third kappa shape index (κ3) is 7.93. The van der Waals surface area contributed by atoms with Crippen LogP contribution in [0.25, 0.3) is 0 Å². The molecule has 0 aliphatic carbocycles. The molecular weight excluding hydrogens is 510 g/mol. The zero-order chi connectivity index (χ0) is 28.6. The molecule has 3 aromatic carbocycles. The van der Waals surface area contributed by atoms with E-state index in [4.69, 9.17) is 0 Å². The third-order valence-corrected chi connectivity index (χ3v) is 7.90. The molecule has 0 radical (unpaired) electrons. The van der Waals surface area contributed by atoms with Crippen LogP contribution in [0, 0.1) is 20.8 Å².